The van der Waals surface area contributed by atoms with Crippen LogP contribution in [0.4, 0.5) is 5.69 Å². The van der Waals surface area contributed by atoms with Gasteiger partial charge in [0.25, 0.3) is 0 Å². The number of pyridine rings is 1. The van der Waals surface area contributed by atoms with E-state index in [0.29, 0.717) is 33.4 Å². The Bertz CT molecular complexity index is 1620. The van der Waals surface area contributed by atoms with Crippen molar-refractivity contribution in [3.8, 4) is 11.3 Å². The van der Waals surface area contributed by atoms with Crippen LogP contribution < -0.4 is 4.90 Å². The maximum Gasteiger partial charge on any atom is 0.339 e. The minimum Gasteiger partial charge on any atom is -0.454 e. The van der Waals surface area contributed by atoms with Crippen molar-refractivity contribution >= 4 is 40.2 Å². The van der Waals surface area contributed by atoms with Crippen molar-refractivity contribution in [1.29, 1.82) is 0 Å². The van der Waals surface area contributed by atoms with Gasteiger partial charge in [-0.3, -0.25) is 19.3 Å². The average molecular weight is 533 g/mol. The van der Waals surface area contributed by atoms with E-state index in [2.05, 4.69) is 0 Å². The van der Waals surface area contributed by atoms with Crippen molar-refractivity contribution in [3.63, 3.8) is 0 Å². The number of carbonyl (C=O) groups excluding carboxylic acids is 4. The van der Waals surface area contributed by atoms with Crippen molar-refractivity contribution in [3.05, 3.63) is 95.6 Å². The van der Waals surface area contributed by atoms with Crippen molar-refractivity contribution in [2.45, 2.75) is 32.6 Å². The highest BCUT2D eigenvalue weighted by Crippen LogP contribution is 2.40. The largest absolute Gasteiger partial charge is 0.454 e. The van der Waals surface area contributed by atoms with E-state index in [1.807, 2.05) is 37.3 Å². The SMILES string of the molecule is Cc1ccc(C(=O)COC(=O)c2cc(-c3ccc(N4C(=O)[C@H]5CCCC[C@@H]5C4=O)cc3)nc3ccccc23)cc1. The van der Waals surface area contributed by atoms with Crippen LogP contribution in [0.1, 0.15) is 52.0 Å². The Balaban J connectivity index is 1.26. The minimum atomic E-state index is -0.618. The summed E-state index contributed by atoms with van der Waals surface area (Å²) in [4.78, 5) is 57.8. The second kappa shape index (κ2) is 10.5. The zero-order valence-corrected chi connectivity index (χ0v) is 22.1. The number of hydrogen-bond donors (Lipinski definition) is 0. The maximum atomic E-state index is 13.2. The molecule has 1 saturated heterocycles. The standard InChI is InChI=1S/C33H28N2O5/c1-20-10-12-22(13-11-20)30(36)19-40-33(39)27-18-29(34-28-9-5-4-6-24(27)28)21-14-16-23(17-15-21)35-31(37)25-7-2-3-8-26(25)32(35)38/h4-6,9-18,25-26H,2-3,7-8,19H2,1H3/t25-,26-/m0/s1. The monoisotopic (exact) mass is 532 g/mol. The highest BCUT2D eigenvalue weighted by atomic mass is 16.5. The van der Waals surface area contributed by atoms with Gasteiger partial charge >= 0.3 is 5.97 Å². The summed E-state index contributed by atoms with van der Waals surface area (Å²) in [6, 6.07) is 23.1. The van der Waals surface area contributed by atoms with E-state index in [1.54, 1.807) is 48.5 Å². The summed E-state index contributed by atoms with van der Waals surface area (Å²) in [5, 5.41) is 0.617. The van der Waals surface area contributed by atoms with Gasteiger partial charge in [0.05, 0.1) is 34.3 Å². The van der Waals surface area contributed by atoms with Gasteiger partial charge in [-0.15, -0.1) is 0 Å². The van der Waals surface area contributed by atoms with E-state index < -0.39 is 5.97 Å². The molecule has 2 heterocycles. The first-order valence-electron chi connectivity index (χ1n) is 13.6. The Morgan fingerprint density at radius 2 is 1.52 bits per heavy atom. The number of Topliss-reactive ketones (excluding diaryl/α,β-unsaturated/α-hetero) is 1. The molecule has 1 aromatic heterocycles. The summed E-state index contributed by atoms with van der Waals surface area (Å²) in [7, 11) is 0. The number of fused-ring (bicyclic) bond motifs is 2. The molecule has 0 unspecified atom stereocenters. The molecule has 4 aromatic rings. The topological polar surface area (TPSA) is 93.6 Å². The number of nitrogens with zero attached hydrogens (tertiary/aromatic N) is 2. The van der Waals surface area contributed by atoms with E-state index in [1.165, 1.54) is 4.90 Å². The van der Waals surface area contributed by atoms with Crippen molar-refractivity contribution in [2.24, 2.45) is 11.8 Å². The fourth-order valence-corrected chi connectivity index (χ4v) is 5.72. The van der Waals surface area contributed by atoms with Crippen LogP contribution in [0, 0.1) is 18.8 Å². The second-order valence-electron chi connectivity index (χ2n) is 10.5. The molecule has 0 N–H and O–H groups in total. The molecule has 200 valence electrons. The second-order valence-corrected chi connectivity index (χ2v) is 10.5. The lowest BCUT2D eigenvalue weighted by Gasteiger charge is -2.19. The van der Waals surface area contributed by atoms with E-state index in [4.69, 9.17) is 9.72 Å². The molecule has 6 rings (SSSR count). The lowest BCUT2D eigenvalue weighted by atomic mass is 9.81. The number of para-hydroxylation sites is 1. The molecule has 0 spiro atoms. The van der Waals surface area contributed by atoms with Crippen LogP contribution in [0.5, 0.6) is 0 Å². The first-order valence-corrected chi connectivity index (χ1v) is 13.6. The lowest BCUT2D eigenvalue weighted by Crippen LogP contribution is -2.30. The molecular weight excluding hydrogens is 504 g/mol. The molecule has 2 fully saturated rings. The Morgan fingerprint density at radius 3 is 2.20 bits per heavy atom. The minimum absolute atomic E-state index is 0.114. The van der Waals surface area contributed by atoms with Crippen LogP contribution >= 0.6 is 0 Å². The number of aromatic nitrogens is 1. The van der Waals surface area contributed by atoms with Gasteiger partial charge in [0, 0.05) is 16.5 Å². The molecule has 2 aliphatic rings. The van der Waals surface area contributed by atoms with E-state index >= 15 is 0 Å². The van der Waals surface area contributed by atoms with Gasteiger partial charge in [-0.05, 0) is 44.0 Å². The summed E-state index contributed by atoms with van der Waals surface area (Å²) in [6.45, 7) is 1.56. The number of carbonyl (C=O) groups is 4. The summed E-state index contributed by atoms with van der Waals surface area (Å²) < 4.78 is 5.43. The number of anilines is 1. The fraction of sp³-hybridized carbons (Fsp3) is 0.242. The van der Waals surface area contributed by atoms with Gasteiger partial charge in [0.2, 0.25) is 11.8 Å². The molecule has 1 aliphatic heterocycles. The van der Waals surface area contributed by atoms with E-state index in [9.17, 15) is 19.2 Å². The van der Waals surface area contributed by atoms with Gasteiger partial charge < -0.3 is 4.74 Å². The molecule has 2 atom stereocenters. The van der Waals surface area contributed by atoms with Crippen LogP contribution in [0.15, 0.2) is 78.9 Å². The van der Waals surface area contributed by atoms with E-state index in [0.717, 1.165) is 36.8 Å². The predicted molar refractivity (Wildman–Crippen MR) is 151 cm³/mol. The highest BCUT2D eigenvalue weighted by molar-refractivity contribution is 6.22. The van der Waals surface area contributed by atoms with Crippen LogP contribution in [0.2, 0.25) is 0 Å². The smallest absolute Gasteiger partial charge is 0.339 e. The van der Waals surface area contributed by atoms with Crippen LogP contribution in [-0.4, -0.2) is 35.2 Å². The number of amides is 2. The maximum absolute atomic E-state index is 13.2. The van der Waals surface area contributed by atoms with Gasteiger partial charge in [-0.25, -0.2) is 9.78 Å². The van der Waals surface area contributed by atoms with Crippen molar-refractivity contribution in [2.75, 3.05) is 11.5 Å². The quantitative estimate of drug-likeness (QED) is 0.174. The summed E-state index contributed by atoms with van der Waals surface area (Å²) in [6.07, 6.45) is 3.48. The molecule has 3 aromatic carbocycles. The van der Waals surface area contributed by atoms with Crippen molar-refractivity contribution in [1.82, 2.24) is 4.98 Å². The highest BCUT2D eigenvalue weighted by Gasteiger charge is 2.48. The van der Waals surface area contributed by atoms with Crippen molar-refractivity contribution < 1.29 is 23.9 Å². The lowest BCUT2D eigenvalue weighted by molar-refractivity contribution is -0.122. The number of rotatable bonds is 6. The Kier molecular flexibility index (Phi) is 6.72. The van der Waals surface area contributed by atoms with Gasteiger partial charge in [0.15, 0.2) is 12.4 Å². The Morgan fingerprint density at radius 1 is 0.875 bits per heavy atom. The zero-order valence-electron chi connectivity index (χ0n) is 22.1. The van der Waals surface area contributed by atoms with Gasteiger partial charge in [-0.2, -0.15) is 0 Å². The number of esters is 1. The summed E-state index contributed by atoms with van der Waals surface area (Å²) >= 11 is 0. The molecule has 40 heavy (non-hydrogen) atoms. The molecule has 0 bridgehead atoms. The molecule has 1 aliphatic carbocycles. The Labute approximate surface area is 231 Å². The first kappa shape index (κ1) is 25.6. The Hall–Kier alpha value is -4.65. The van der Waals surface area contributed by atoms with E-state index in [-0.39, 0.29) is 36.0 Å². The number of ether oxygens (including phenoxy) is 1. The third-order valence-electron chi connectivity index (χ3n) is 7.91. The third kappa shape index (κ3) is 4.68. The fourth-order valence-electron chi connectivity index (χ4n) is 5.72. The van der Waals surface area contributed by atoms with Gasteiger partial charge in [-0.1, -0.05) is 73.0 Å². The first-order chi connectivity index (χ1) is 19.4. The average Bonchev–Trinajstić information content (AvgIpc) is 3.25. The normalized spacial score (nSPS) is 18.6. The zero-order chi connectivity index (χ0) is 27.8. The predicted octanol–water partition coefficient (Wildman–Crippen LogP) is 5.93. The van der Waals surface area contributed by atoms with Gasteiger partial charge in [0.1, 0.15) is 0 Å². The number of aryl methyl sites for hydroxylation is 1. The molecule has 7 nitrogen and oxygen atoms in total. The third-order valence-corrected chi connectivity index (χ3v) is 7.91. The molecule has 7 heteroatoms. The molecule has 2 amide bonds. The summed E-state index contributed by atoms with van der Waals surface area (Å²) in [5.41, 5.74) is 4.22. The number of imide groups is 1. The van der Waals surface area contributed by atoms with Crippen LogP contribution in [0.3, 0.4) is 0 Å². The molecule has 0 radical (unpaired) electrons. The molecule has 1 saturated carbocycles. The number of ketones is 1. The number of benzene rings is 3. The summed E-state index contributed by atoms with van der Waals surface area (Å²) in [5.74, 6) is -1.56. The van der Waals surface area contributed by atoms with Crippen LogP contribution in [0.25, 0.3) is 22.2 Å². The van der Waals surface area contributed by atoms with Crippen LogP contribution in [-0.2, 0) is 14.3 Å². The number of hydrogen-bond acceptors (Lipinski definition) is 6. The molecular formula is C33H28N2O5.